The topological polar surface area (TPSA) is 55.8 Å². The zero-order valence-corrected chi connectivity index (χ0v) is 9.73. The molecule has 2 rings (SSSR count). The molecule has 1 heterocycles. The van der Waals surface area contributed by atoms with Crippen molar-refractivity contribution in [3.05, 3.63) is 18.2 Å². The summed E-state index contributed by atoms with van der Waals surface area (Å²) in [5, 5.41) is 0. The Morgan fingerprint density at radius 2 is 1.41 bits per heavy atom. The highest BCUT2D eigenvalue weighted by molar-refractivity contribution is 6.19. The van der Waals surface area contributed by atoms with Gasteiger partial charge >= 0.3 is 0 Å². The first kappa shape index (κ1) is 11.4. The molecule has 0 atom stereocenters. The monoisotopic (exact) mass is 235 g/mol. The molecule has 5 nitrogen and oxygen atoms in total. The number of carbonyl (C=O) groups excluding carboxylic acids is 2. The number of methoxy groups -OCH3 is 2. The quantitative estimate of drug-likeness (QED) is 0.742. The molecule has 0 spiro atoms. The molecule has 1 aliphatic rings. The minimum absolute atomic E-state index is 0.190. The summed E-state index contributed by atoms with van der Waals surface area (Å²) in [5.74, 6) is 0.717. The van der Waals surface area contributed by atoms with Crippen LogP contribution in [0.5, 0.6) is 11.5 Å². The molecule has 0 saturated carbocycles. The van der Waals surface area contributed by atoms with E-state index in [4.69, 9.17) is 9.47 Å². The van der Waals surface area contributed by atoms with Crippen LogP contribution < -0.4 is 14.4 Å². The SMILES string of the molecule is COc1cc(OC)cc(N2C(=O)CCC2=O)c1. The van der Waals surface area contributed by atoms with Gasteiger partial charge in [0, 0.05) is 31.0 Å². The van der Waals surface area contributed by atoms with Gasteiger partial charge < -0.3 is 9.47 Å². The van der Waals surface area contributed by atoms with Gasteiger partial charge in [-0.2, -0.15) is 0 Å². The van der Waals surface area contributed by atoms with Crippen LogP contribution in [0, 0.1) is 0 Å². The van der Waals surface area contributed by atoms with Crippen molar-refractivity contribution in [2.75, 3.05) is 19.1 Å². The summed E-state index contributed by atoms with van der Waals surface area (Å²) in [6, 6.07) is 4.97. The van der Waals surface area contributed by atoms with Crippen molar-refractivity contribution in [1.29, 1.82) is 0 Å². The number of rotatable bonds is 3. The molecular weight excluding hydrogens is 222 g/mol. The van der Waals surface area contributed by atoms with Crippen LogP contribution in [0.25, 0.3) is 0 Å². The number of ether oxygens (including phenoxy) is 2. The first-order valence-electron chi connectivity index (χ1n) is 5.24. The van der Waals surface area contributed by atoms with Crippen LogP contribution in [0.15, 0.2) is 18.2 Å². The summed E-state index contributed by atoms with van der Waals surface area (Å²) < 4.78 is 10.2. The summed E-state index contributed by atoms with van der Waals surface area (Å²) in [6.45, 7) is 0. The van der Waals surface area contributed by atoms with Crippen LogP contribution in [0.2, 0.25) is 0 Å². The lowest BCUT2D eigenvalue weighted by Gasteiger charge is -2.16. The van der Waals surface area contributed by atoms with Gasteiger partial charge in [-0.3, -0.25) is 14.5 Å². The van der Waals surface area contributed by atoms with Gasteiger partial charge in [0.2, 0.25) is 11.8 Å². The van der Waals surface area contributed by atoms with E-state index in [0.29, 0.717) is 17.2 Å². The lowest BCUT2D eigenvalue weighted by Crippen LogP contribution is -2.28. The fourth-order valence-electron chi connectivity index (χ4n) is 1.79. The highest BCUT2D eigenvalue weighted by Crippen LogP contribution is 2.31. The van der Waals surface area contributed by atoms with E-state index in [1.807, 2.05) is 0 Å². The second kappa shape index (κ2) is 4.45. The van der Waals surface area contributed by atoms with Crippen molar-refractivity contribution in [3.63, 3.8) is 0 Å². The van der Waals surface area contributed by atoms with Gasteiger partial charge in [0.1, 0.15) is 11.5 Å². The largest absolute Gasteiger partial charge is 0.497 e. The maximum Gasteiger partial charge on any atom is 0.234 e. The third-order valence-corrected chi connectivity index (χ3v) is 2.65. The highest BCUT2D eigenvalue weighted by Gasteiger charge is 2.30. The lowest BCUT2D eigenvalue weighted by atomic mass is 10.2. The van der Waals surface area contributed by atoms with Gasteiger partial charge in [-0.25, -0.2) is 0 Å². The van der Waals surface area contributed by atoms with Crippen molar-refractivity contribution in [1.82, 2.24) is 0 Å². The average Bonchev–Trinajstić information content (AvgIpc) is 2.68. The molecule has 5 heteroatoms. The Kier molecular flexibility index (Phi) is 2.99. The number of imide groups is 1. The molecule has 1 saturated heterocycles. The smallest absolute Gasteiger partial charge is 0.234 e. The number of hydrogen-bond donors (Lipinski definition) is 0. The van der Waals surface area contributed by atoms with Crippen LogP contribution in [-0.4, -0.2) is 26.0 Å². The number of benzene rings is 1. The van der Waals surface area contributed by atoms with E-state index in [9.17, 15) is 9.59 Å². The van der Waals surface area contributed by atoms with E-state index in [1.165, 1.54) is 19.1 Å². The van der Waals surface area contributed by atoms with Crippen LogP contribution in [-0.2, 0) is 9.59 Å². The number of hydrogen-bond acceptors (Lipinski definition) is 4. The van der Waals surface area contributed by atoms with Crippen molar-refractivity contribution < 1.29 is 19.1 Å². The van der Waals surface area contributed by atoms with E-state index >= 15 is 0 Å². The summed E-state index contributed by atoms with van der Waals surface area (Å²) in [5.41, 5.74) is 0.494. The lowest BCUT2D eigenvalue weighted by molar-refractivity contribution is -0.121. The van der Waals surface area contributed by atoms with Gasteiger partial charge in [0.15, 0.2) is 0 Å². The fraction of sp³-hybridized carbons (Fsp3) is 0.333. The standard InChI is InChI=1S/C12H13NO4/c1-16-9-5-8(6-10(7-9)17-2)13-11(14)3-4-12(13)15/h5-7H,3-4H2,1-2H3. The van der Waals surface area contributed by atoms with Gasteiger partial charge in [-0.15, -0.1) is 0 Å². The predicted molar refractivity (Wildman–Crippen MR) is 61.3 cm³/mol. The molecule has 1 aromatic carbocycles. The summed E-state index contributed by atoms with van der Waals surface area (Å²) in [7, 11) is 3.04. The van der Waals surface area contributed by atoms with Crippen molar-refractivity contribution in [2.24, 2.45) is 0 Å². The van der Waals surface area contributed by atoms with Gasteiger partial charge in [0.05, 0.1) is 19.9 Å². The number of amides is 2. The van der Waals surface area contributed by atoms with Gasteiger partial charge in [0.25, 0.3) is 0 Å². The van der Waals surface area contributed by atoms with E-state index in [2.05, 4.69) is 0 Å². The first-order valence-corrected chi connectivity index (χ1v) is 5.24. The summed E-state index contributed by atoms with van der Waals surface area (Å²) in [6.07, 6.45) is 0.525. The Morgan fingerprint density at radius 3 is 1.82 bits per heavy atom. The Morgan fingerprint density at radius 1 is 0.941 bits per heavy atom. The minimum atomic E-state index is -0.190. The zero-order chi connectivity index (χ0) is 12.4. The maximum absolute atomic E-state index is 11.6. The number of carbonyl (C=O) groups is 2. The molecule has 1 aliphatic heterocycles. The molecular formula is C12H13NO4. The molecule has 17 heavy (non-hydrogen) atoms. The molecule has 0 unspecified atom stereocenters. The van der Waals surface area contributed by atoms with E-state index in [-0.39, 0.29) is 24.7 Å². The molecule has 1 aromatic rings. The number of nitrogens with zero attached hydrogens (tertiary/aromatic N) is 1. The first-order chi connectivity index (χ1) is 8.15. The average molecular weight is 235 g/mol. The third-order valence-electron chi connectivity index (χ3n) is 2.65. The predicted octanol–water partition coefficient (Wildman–Crippen LogP) is 1.36. The molecule has 0 N–H and O–H groups in total. The van der Waals surface area contributed by atoms with Crippen LogP contribution in [0.3, 0.4) is 0 Å². The Hall–Kier alpha value is -2.04. The normalized spacial score (nSPS) is 15.3. The molecule has 90 valence electrons. The van der Waals surface area contributed by atoms with E-state index in [1.54, 1.807) is 18.2 Å². The molecule has 0 radical (unpaired) electrons. The van der Waals surface area contributed by atoms with E-state index in [0.717, 1.165) is 0 Å². The van der Waals surface area contributed by atoms with Gasteiger partial charge in [-0.05, 0) is 0 Å². The maximum atomic E-state index is 11.6. The molecule has 0 bridgehead atoms. The molecule has 1 fully saturated rings. The Bertz CT molecular complexity index is 431. The van der Waals surface area contributed by atoms with Crippen molar-refractivity contribution in [3.8, 4) is 11.5 Å². The molecule has 0 aromatic heterocycles. The Labute approximate surface area is 98.9 Å². The van der Waals surface area contributed by atoms with E-state index < -0.39 is 0 Å². The van der Waals surface area contributed by atoms with Crippen LogP contribution >= 0.6 is 0 Å². The Balaban J connectivity index is 2.43. The molecule has 0 aliphatic carbocycles. The second-order valence-corrected chi connectivity index (χ2v) is 3.69. The van der Waals surface area contributed by atoms with Crippen molar-refractivity contribution in [2.45, 2.75) is 12.8 Å². The van der Waals surface area contributed by atoms with Gasteiger partial charge in [-0.1, -0.05) is 0 Å². The summed E-state index contributed by atoms with van der Waals surface area (Å²) in [4.78, 5) is 24.4. The fourth-order valence-corrected chi connectivity index (χ4v) is 1.79. The summed E-state index contributed by atoms with van der Waals surface area (Å²) >= 11 is 0. The van der Waals surface area contributed by atoms with Crippen LogP contribution in [0.1, 0.15) is 12.8 Å². The highest BCUT2D eigenvalue weighted by atomic mass is 16.5. The van der Waals surface area contributed by atoms with Crippen molar-refractivity contribution >= 4 is 17.5 Å². The minimum Gasteiger partial charge on any atom is -0.497 e. The molecule has 2 amide bonds. The second-order valence-electron chi connectivity index (χ2n) is 3.69. The zero-order valence-electron chi connectivity index (χ0n) is 9.73. The number of anilines is 1. The third kappa shape index (κ3) is 2.08. The van der Waals surface area contributed by atoms with Crippen LogP contribution in [0.4, 0.5) is 5.69 Å².